The van der Waals surface area contributed by atoms with Crippen molar-refractivity contribution in [2.45, 2.75) is 13.0 Å². The Labute approximate surface area is 99.2 Å². The van der Waals surface area contributed by atoms with Gasteiger partial charge in [0.15, 0.2) is 5.82 Å². The summed E-state index contributed by atoms with van der Waals surface area (Å²) in [7, 11) is 3.54. The SMILES string of the molecule is COCCCn1nnc(N)c1-c1ccnn1C. The molecule has 92 valence electrons. The van der Waals surface area contributed by atoms with E-state index in [1.165, 1.54) is 0 Å². The number of methoxy groups -OCH3 is 1. The van der Waals surface area contributed by atoms with E-state index in [-0.39, 0.29) is 0 Å². The number of nitrogens with zero attached hydrogens (tertiary/aromatic N) is 5. The standard InChI is InChI=1S/C10H16N6O/c1-15-8(4-5-12-15)9-10(11)13-14-16(9)6-3-7-17-2/h4-5H,3,6-7,11H2,1-2H3. The fourth-order valence-electron chi connectivity index (χ4n) is 1.71. The monoisotopic (exact) mass is 236 g/mol. The highest BCUT2D eigenvalue weighted by molar-refractivity contribution is 5.66. The van der Waals surface area contributed by atoms with Crippen LogP contribution in [0, 0.1) is 0 Å². The maximum atomic E-state index is 5.84. The van der Waals surface area contributed by atoms with Crippen molar-refractivity contribution in [1.29, 1.82) is 0 Å². The predicted octanol–water partition coefficient (Wildman–Crippen LogP) is 0.297. The maximum absolute atomic E-state index is 5.84. The summed E-state index contributed by atoms with van der Waals surface area (Å²) in [5.74, 6) is 0.422. The quantitative estimate of drug-likeness (QED) is 0.755. The number of hydrogen-bond acceptors (Lipinski definition) is 5. The summed E-state index contributed by atoms with van der Waals surface area (Å²) in [5, 5.41) is 12.0. The number of aromatic nitrogens is 5. The zero-order valence-corrected chi connectivity index (χ0v) is 10.00. The molecule has 0 aliphatic heterocycles. The van der Waals surface area contributed by atoms with Gasteiger partial charge >= 0.3 is 0 Å². The van der Waals surface area contributed by atoms with Gasteiger partial charge in [-0.1, -0.05) is 5.21 Å². The van der Waals surface area contributed by atoms with E-state index in [2.05, 4.69) is 15.4 Å². The number of nitrogen functional groups attached to an aromatic ring is 1. The normalized spacial score (nSPS) is 10.9. The maximum Gasteiger partial charge on any atom is 0.175 e. The summed E-state index contributed by atoms with van der Waals surface area (Å²) in [6.45, 7) is 1.41. The molecule has 17 heavy (non-hydrogen) atoms. The van der Waals surface area contributed by atoms with E-state index in [1.54, 1.807) is 22.7 Å². The molecule has 0 aliphatic carbocycles. The highest BCUT2D eigenvalue weighted by atomic mass is 16.5. The van der Waals surface area contributed by atoms with Gasteiger partial charge in [0.1, 0.15) is 5.69 Å². The third kappa shape index (κ3) is 2.28. The number of hydrogen-bond donors (Lipinski definition) is 1. The van der Waals surface area contributed by atoms with Crippen LogP contribution in [0.4, 0.5) is 5.82 Å². The van der Waals surface area contributed by atoms with Crippen molar-refractivity contribution in [3.8, 4) is 11.4 Å². The second-order valence-electron chi connectivity index (χ2n) is 3.73. The summed E-state index contributed by atoms with van der Waals surface area (Å²) in [6.07, 6.45) is 2.59. The van der Waals surface area contributed by atoms with Crippen molar-refractivity contribution in [1.82, 2.24) is 24.8 Å². The van der Waals surface area contributed by atoms with Gasteiger partial charge in [0.05, 0.1) is 5.69 Å². The molecule has 2 rings (SSSR count). The zero-order valence-electron chi connectivity index (χ0n) is 10.00. The van der Waals surface area contributed by atoms with E-state index in [0.717, 1.165) is 24.4 Å². The van der Waals surface area contributed by atoms with Crippen LogP contribution in [-0.2, 0) is 18.3 Å². The van der Waals surface area contributed by atoms with Gasteiger partial charge in [-0.15, -0.1) is 5.10 Å². The summed E-state index contributed by atoms with van der Waals surface area (Å²) in [5.41, 5.74) is 7.55. The molecule has 0 unspecified atom stereocenters. The van der Waals surface area contributed by atoms with Gasteiger partial charge in [-0.05, 0) is 12.5 Å². The van der Waals surface area contributed by atoms with Crippen molar-refractivity contribution < 1.29 is 4.74 Å². The second-order valence-corrected chi connectivity index (χ2v) is 3.73. The van der Waals surface area contributed by atoms with Crippen LogP contribution in [0.1, 0.15) is 6.42 Å². The van der Waals surface area contributed by atoms with Crippen LogP contribution in [0.25, 0.3) is 11.4 Å². The first-order valence-electron chi connectivity index (χ1n) is 5.40. The number of anilines is 1. The molecule has 2 aromatic rings. The highest BCUT2D eigenvalue weighted by Crippen LogP contribution is 2.22. The molecule has 0 atom stereocenters. The molecule has 7 nitrogen and oxygen atoms in total. The fraction of sp³-hybridized carbons (Fsp3) is 0.500. The van der Waals surface area contributed by atoms with E-state index in [4.69, 9.17) is 10.5 Å². The average Bonchev–Trinajstić information content (AvgIpc) is 2.86. The molecule has 0 spiro atoms. The lowest BCUT2D eigenvalue weighted by Crippen LogP contribution is -2.07. The lowest BCUT2D eigenvalue weighted by molar-refractivity contribution is 0.189. The minimum absolute atomic E-state index is 0.422. The zero-order chi connectivity index (χ0) is 12.3. The Morgan fingerprint density at radius 1 is 1.47 bits per heavy atom. The van der Waals surface area contributed by atoms with E-state index < -0.39 is 0 Å². The minimum Gasteiger partial charge on any atom is -0.385 e. The van der Waals surface area contributed by atoms with Gasteiger partial charge in [-0.3, -0.25) is 4.68 Å². The summed E-state index contributed by atoms with van der Waals surface area (Å²) < 4.78 is 8.55. The van der Waals surface area contributed by atoms with Gasteiger partial charge in [0.2, 0.25) is 0 Å². The van der Waals surface area contributed by atoms with Crippen LogP contribution in [0.5, 0.6) is 0 Å². The molecule has 7 heteroatoms. The lowest BCUT2D eigenvalue weighted by atomic mass is 10.3. The van der Waals surface area contributed by atoms with Crippen molar-refractivity contribution in [2.24, 2.45) is 7.05 Å². The van der Waals surface area contributed by atoms with E-state index in [0.29, 0.717) is 12.4 Å². The number of aryl methyl sites for hydroxylation is 2. The predicted molar refractivity (Wildman–Crippen MR) is 63.1 cm³/mol. The van der Waals surface area contributed by atoms with E-state index in [9.17, 15) is 0 Å². The van der Waals surface area contributed by atoms with E-state index in [1.807, 2.05) is 13.1 Å². The molecule has 0 radical (unpaired) electrons. The first-order chi connectivity index (χ1) is 8.24. The fourth-order valence-corrected chi connectivity index (χ4v) is 1.71. The van der Waals surface area contributed by atoms with Crippen LogP contribution in [0.2, 0.25) is 0 Å². The minimum atomic E-state index is 0.422. The van der Waals surface area contributed by atoms with Gasteiger partial charge < -0.3 is 10.5 Å². The molecule has 0 bridgehead atoms. The molecule has 2 aromatic heterocycles. The van der Waals surface area contributed by atoms with Gasteiger partial charge in [0, 0.05) is 33.5 Å². The molecule has 0 aliphatic rings. The first-order valence-corrected chi connectivity index (χ1v) is 5.40. The van der Waals surface area contributed by atoms with Crippen LogP contribution in [0.3, 0.4) is 0 Å². The Hall–Kier alpha value is -1.89. The lowest BCUT2D eigenvalue weighted by Gasteiger charge is -2.06. The third-order valence-electron chi connectivity index (χ3n) is 2.54. The molecule has 0 aromatic carbocycles. The topological polar surface area (TPSA) is 83.8 Å². The summed E-state index contributed by atoms with van der Waals surface area (Å²) in [6, 6.07) is 1.89. The van der Waals surface area contributed by atoms with Crippen LogP contribution in [0.15, 0.2) is 12.3 Å². The first kappa shape index (κ1) is 11.6. The van der Waals surface area contributed by atoms with Gasteiger partial charge in [0.25, 0.3) is 0 Å². The van der Waals surface area contributed by atoms with Crippen molar-refractivity contribution in [3.63, 3.8) is 0 Å². The molecule has 0 amide bonds. The number of rotatable bonds is 5. The molecule has 0 saturated heterocycles. The number of ether oxygens (including phenoxy) is 1. The Kier molecular flexibility index (Phi) is 3.38. The Balaban J connectivity index is 2.27. The Morgan fingerprint density at radius 2 is 2.29 bits per heavy atom. The van der Waals surface area contributed by atoms with Crippen molar-refractivity contribution in [2.75, 3.05) is 19.5 Å². The third-order valence-corrected chi connectivity index (χ3v) is 2.54. The van der Waals surface area contributed by atoms with Crippen molar-refractivity contribution >= 4 is 5.82 Å². The molecule has 2 heterocycles. The largest absolute Gasteiger partial charge is 0.385 e. The molecule has 0 saturated carbocycles. The molecular formula is C10H16N6O. The van der Waals surface area contributed by atoms with Crippen LogP contribution in [-0.4, -0.2) is 38.5 Å². The Bertz CT molecular complexity index is 489. The molecule has 0 fully saturated rings. The van der Waals surface area contributed by atoms with E-state index >= 15 is 0 Å². The van der Waals surface area contributed by atoms with Gasteiger partial charge in [-0.2, -0.15) is 5.10 Å². The summed E-state index contributed by atoms with van der Waals surface area (Å²) in [4.78, 5) is 0. The van der Waals surface area contributed by atoms with Crippen LogP contribution < -0.4 is 5.73 Å². The summed E-state index contributed by atoms with van der Waals surface area (Å²) >= 11 is 0. The molecule has 2 N–H and O–H groups in total. The van der Waals surface area contributed by atoms with Gasteiger partial charge in [-0.25, -0.2) is 4.68 Å². The molecular weight excluding hydrogens is 220 g/mol. The van der Waals surface area contributed by atoms with Crippen molar-refractivity contribution in [3.05, 3.63) is 12.3 Å². The van der Waals surface area contributed by atoms with Crippen LogP contribution >= 0.6 is 0 Å². The highest BCUT2D eigenvalue weighted by Gasteiger charge is 2.15. The average molecular weight is 236 g/mol. The number of nitrogens with two attached hydrogens (primary N) is 1. The second kappa shape index (κ2) is 4.96. The smallest absolute Gasteiger partial charge is 0.175 e. The Morgan fingerprint density at radius 3 is 2.94 bits per heavy atom.